The minimum absolute atomic E-state index is 0.151. The van der Waals surface area contributed by atoms with E-state index in [4.69, 9.17) is 11.6 Å². The molecular weight excluding hydrogens is 430 g/mol. The van der Waals surface area contributed by atoms with Gasteiger partial charge in [0.2, 0.25) is 0 Å². The highest BCUT2D eigenvalue weighted by molar-refractivity contribution is 6.30. The molecule has 1 heterocycles. The van der Waals surface area contributed by atoms with E-state index in [9.17, 15) is 14.7 Å². The van der Waals surface area contributed by atoms with Gasteiger partial charge in [-0.2, -0.15) is 0 Å². The molecule has 1 aromatic heterocycles. The molecule has 7 nitrogen and oxygen atoms in total. The van der Waals surface area contributed by atoms with Gasteiger partial charge in [-0.25, -0.2) is 14.6 Å². The fourth-order valence-electron chi connectivity index (χ4n) is 3.53. The van der Waals surface area contributed by atoms with E-state index < -0.39 is 12.1 Å². The summed E-state index contributed by atoms with van der Waals surface area (Å²) in [6, 6.07) is 14.8. The van der Waals surface area contributed by atoms with E-state index in [2.05, 4.69) is 22.0 Å². The number of imidazole rings is 1. The largest absolute Gasteiger partial charge is 0.478 e. The lowest BCUT2D eigenvalue weighted by Gasteiger charge is -2.15. The number of amides is 1. The second-order valence-corrected chi connectivity index (χ2v) is 7.71. The number of aromatic nitrogens is 2. The van der Waals surface area contributed by atoms with Crippen LogP contribution in [0, 0.1) is 0 Å². The number of hydrogen-bond acceptors (Lipinski definition) is 4. The van der Waals surface area contributed by atoms with Gasteiger partial charge in [0.15, 0.2) is 5.15 Å². The number of halogens is 1. The Morgan fingerprint density at radius 3 is 2.59 bits per heavy atom. The summed E-state index contributed by atoms with van der Waals surface area (Å²) in [7, 11) is 1.29. The van der Waals surface area contributed by atoms with Gasteiger partial charge < -0.3 is 19.7 Å². The molecule has 0 saturated carbocycles. The second-order valence-electron chi connectivity index (χ2n) is 7.35. The first-order chi connectivity index (χ1) is 15.4. The number of hydrogen-bond donors (Lipinski definition) is 2. The van der Waals surface area contributed by atoms with Crippen LogP contribution >= 0.6 is 11.6 Å². The fourth-order valence-corrected chi connectivity index (χ4v) is 3.80. The average molecular weight is 456 g/mol. The van der Waals surface area contributed by atoms with Crippen molar-refractivity contribution < 1.29 is 19.4 Å². The molecule has 2 N–H and O–H groups in total. The number of carboxylic acids is 1. The number of methoxy groups -OCH3 is 1. The van der Waals surface area contributed by atoms with Crippen LogP contribution in [0.2, 0.25) is 5.15 Å². The van der Waals surface area contributed by atoms with Crippen molar-refractivity contribution >= 4 is 23.7 Å². The molecule has 1 amide bonds. The summed E-state index contributed by atoms with van der Waals surface area (Å²) >= 11 is 6.39. The van der Waals surface area contributed by atoms with Gasteiger partial charge in [-0.15, -0.1) is 0 Å². The molecule has 168 valence electrons. The zero-order valence-corrected chi connectivity index (χ0v) is 18.9. The summed E-state index contributed by atoms with van der Waals surface area (Å²) in [5.41, 5.74) is 3.17. The Hall–Kier alpha value is -3.32. The number of ether oxygens (including phenoxy) is 1. The maximum absolute atomic E-state index is 12.0. The van der Waals surface area contributed by atoms with Gasteiger partial charge in [-0.3, -0.25) is 0 Å². The number of carbonyl (C=O) groups excluding carboxylic acids is 1. The normalized spacial score (nSPS) is 10.7. The van der Waals surface area contributed by atoms with Gasteiger partial charge in [0.05, 0.1) is 24.9 Å². The van der Waals surface area contributed by atoms with Crippen molar-refractivity contribution in [2.75, 3.05) is 7.11 Å². The van der Waals surface area contributed by atoms with E-state index in [1.54, 1.807) is 6.07 Å². The highest BCUT2D eigenvalue weighted by atomic mass is 35.5. The van der Waals surface area contributed by atoms with Crippen LogP contribution in [0.4, 0.5) is 4.79 Å². The van der Waals surface area contributed by atoms with Crippen molar-refractivity contribution in [1.29, 1.82) is 0 Å². The standard InChI is InChI=1S/C24H26ClN3O4/c1-3-4-10-21-27-22(25)20(14-26-24(31)32-2)28(21)15-16-11-12-18(19(13-16)23(29)30)17-8-6-5-7-9-17/h5-9,11-13H,3-4,10,14-15H2,1-2H3,(H,26,31)(H,29,30). The number of carbonyl (C=O) groups is 2. The van der Waals surface area contributed by atoms with E-state index in [1.165, 1.54) is 7.11 Å². The number of carboxylic acid groups (broad SMARTS) is 1. The Labute approximate surface area is 192 Å². The third-order valence-electron chi connectivity index (χ3n) is 5.18. The first-order valence-electron chi connectivity index (χ1n) is 10.4. The molecule has 0 aliphatic heterocycles. The van der Waals surface area contributed by atoms with Crippen LogP contribution in [0.15, 0.2) is 48.5 Å². The number of unbranched alkanes of at least 4 members (excludes halogenated alkanes) is 1. The van der Waals surface area contributed by atoms with Gasteiger partial charge in [0.25, 0.3) is 0 Å². The lowest BCUT2D eigenvalue weighted by atomic mass is 9.97. The van der Waals surface area contributed by atoms with Crippen LogP contribution in [0.5, 0.6) is 0 Å². The van der Waals surface area contributed by atoms with Crippen LogP contribution in [0.1, 0.15) is 47.2 Å². The molecule has 8 heteroatoms. The maximum atomic E-state index is 12.0. The van der Waals surface area contributed by atoms with Crippen LogP contribution < -0.4 is 5.32 Å². The molecule has 0 aliphatic rings. The summed E-state index contributed by atoms with van der Waals surface area (Å²) in [6.45, 7) is 2.63. The lowest BCUT2D eigenvalue weighted by molar-refractivity contribution is 0.0697. The van der Waals surface area contributed by atoms with E-state index in [0.29, 0.717) is 23.0 Å². The molecule has 2 aromatic carbocycles. The van der Waals surface area contributed by atoms with Gasteiger partial charge in [0.1, 0.15) is 5.82 Å². The summed E-state index contributed by atoms with van der Waals surface area (Å²) in [4.78, 5) is 28.0. The monoisotopic (exact) mass is 455 g/mol. The SMILES string of the molecule is CCCCc1nc(Cl)c(CNC(=O)OC)n1Cc1ccc(-c2ccccc2)c(C(=O)O)c1. The fraction of sp³-hybridized carbons (Fsp3) is 0.292. The molecule has 0 saturated heterocycles. The molecule has 32 heavy (non-hydrogen) atoms. The zero-order chi connectivity index (χ0) is 23.1. The maximum Gasteiger partial charge on any atom is 0.407 e. The Kier molecular flexibility index (Phi) is 7.89. The molecule has 0 radical (unpaired) electrons. The average Bonchev–Trinajstić information content (AvgIpc) is 3.10. The molecule has 0 unspecified atom stereocenters. The van der Waals surface area contributed by atoms with E-state index in [-0.39, 0.29) is 12.1 Å². The Balaban J connectivity index is 1.98. The van der Waals surface area contributed by atoms with Crippen molar-refractivity contribution in [1.82, 2.24) is 14.9 Å². The predicted octanol–water partition coefficient (Wildman–Crippen LogP) is 5.15. The number of benzene rings is 2. The summed E-state index contributed by atoms with van der Waals surface area (Å²) < 4.78 is 6.59. The van der Waals surface area contributed by atoms with Crippen LogP contribution in [-0.4, -0.2) is 33.8 Å². The highest BCUT2D eigenvalue weighted by Gasteiger charge is 2.18. The Morgan fingerprint density at radius 2 is 1.94 bits per heavy atom. The minimum Gasteiger partial charge on any atom is -0.478 e. The number of rotatable bonds is 9. The van der Waals surface area contributed by atoms with Crippen LogP contribution in [0.25, 0.3) is 11.1 Å². The molecular formula is C24H26ClN3O4. The van der Waals surface area contributed by atoms with E-state index in [1.807, 2.05) is 47.0 Å². The first-order valence-corrected chi connectivity index (χ1v) is 10.8. The molecule has 0 spiro atoms. The predicted molar refractivity (Wildman–Crippen MR) is 123 cm³/mol. The molecule has 0 atom stereocenters. The number of alkyl carbamates (subject to hydrolysis) is 1. The van der Waals surface area contributed by atoms with Crippen molar-refractivity contribution in [2.45, 2.75) is 39.3 Å². The Bertz CT molecular complexity index is 1100. The van der Waals surface area contributed by atoms with E-state index in [0.717, 1.165) is 36.2 Å². The quantitative estimate of drug-likeness (QED) is 0.465. The summed E-state index contributed by atoms with van der Waals surface area (Å²) in [5.74, 6) is -0.198. The van der Waals surface area contributed by atoms with Crippen molar-refractivity contribution in [2.24, 2.45) is 0 Å². The second kappa shape index (κ2) is 10.8. The lowest BCUT2D eigenvalue weighted by Crippen LogP contribution is -2.24. The molecule has 0 bridgehead atoms. The number of aromatic carboxylic acids is 1. The van der Waals surface area contributed by atoms with Gasteiger partial charge >= 0.3 is 12.1 Å². The molecule has 3 aromatic rings. The van der Waals surface area contributed by atoms with Crippen molar-refractivity contribution in [3.63, 3.8) is 0 Å². The molecule has 0 fully saturated rings. The van der Waals surface area contributed by atoms with Crippen molar-refractivity contribution in [3.05, 3.63) is 76.3 Å². The zero-order valence-electron chi connectivity index (χ0n) is 18.1. The van der Waals surface area contributed by atoms with Gasteiger partial charge in [-0.05, 0) is 29.2 Å². The highest BCUT2D eigenvalue weighted by Crippen LogP contribution is 2.27. The van der Waals surface area contributed by atoms with Crippen molar-refractivity contribution in [3.8, 4) is 11.1 Å². The number of nitrogens with one attached hydrogen (secondary N) is 1. The third-order valence-corrected chi connectivity index (χ3v) is 5.48. The van der Waals surface area contributed by atoms with Crippen LogP contribution in [-0.2, 0) is 24.2 Å². The minimum atomic E-state index is -0.992. The van der Waals surface area contributed by atoms with Gasteiger partial charge in [0, 0.05) is 13.0 Å². The summed E-state index contributed by atoms with van der Waals surface area (Å²) in [5, 5.41) is 12.8. The first kappa shape index (κ1) is 23.3. The number of nitrogens with zero attached hydrogens (tertiary/aromatic N) is 2. The van der Waals surface area contributed by atoms with Gasteiger partial charge in [-0.1, -0.05) is 67.4 Å². The topological polar surface area (TPSA) is 93.5 Å². The van der Waals surface area contributed by atoms with Crippen LogP contribution in [0.3, 0.4) is 0 Å². The summed E-state index contributed by atoms with van der Waals surface area (Å²) in [6.07, 6.45) is 2.09. The molecule has 3 rings (SSSR count). The third kappa shape index (κ3) is 5.48. The molecule has 0 aliphatic carbocycles. The Morgan fingerprint density at radius 1 is 1.19 bits per heavy atom. The van der Waals surface area contributed by atoms with E-state index >= 15 is 0 Å². The number of aryl methyl sites for hydroxylation is 1. The smallest absolute Gasteiger partial charge is 0.407 e.